The van der Waals surface area contributed by atoms with E-state index in [-0.39, 0.29) is 5.91 Å². The second-order valence-corrected chi connectivity index (χ2v) is 6.98. The van der Waals surface area contributed by atoms with Gasteiger partial charge >= 0.3 is 0 Å². The fraction of sp³-hybridized carbons (Fsp3) is 0.0800. The minimum atomic E-state index is -0.0150. The fourth-order valence-electron chi connectivity index (χ4n) is 3.15. The van der Waals surface area contributed by atoms with Crippen molar-refractivity contribution in [1.82, 2.24) is 14.9 Å². The average Bonchev–Trinajstić information content (AvgIpc) is 2.80. The first-order valence-corrected chi connectivity index (χ1v) is 9.74. The molecule has 0 saturated carbocycles. The highest BCUT2D eigenvalue weighted by atomic mass is 16.2. The van der Waals surface area contributed by atoms with Crippen LogP contribution in [0.15, 0.2) is 97.2 Å². The zero-order chi connectivity index (χ0) is 20.8. The van der Waals surface area contributed by atoms with Gasteiger partial charge in [-0.3, -0.25) is 4.79 Å². The van der Waals surface area contributed by atoms with Crippen molar-refractivity contribution in [3.8, 4) is 11.4 Å². The van der Waals surface area contributed by atoms with E-state index in [1.54, 1.807) is 11.1 Å². The summed E-state index contributed by atoms with van der Waals surface area (Å²) in [5, 5.41) is 3.27. The Labute approximate surface area is 176 Å². The smallest absolute Gasteiger partial charge is 0.253 e. The lowest BCUT2D eigenvalue weighted by Gasteiger charge is -2.17. The van der Waals surface area contributed by atoms with Crippen LogP contribution in [0.3, 0.4) is 0 Å². The van der Waals surface area contributed by atoms with Gasteiger partial charge in [0.25, 0.3) is 5.91 Å². The molecule has 0 spiro atoms. The van der Waals surface area contributed by atoms with E-state index in [1.807, 2.05) is 98.0 Å². The maximum atomic E-state index is 12.7. The molecule has 5 heteroatoms. The van der Waals surface area contributed by atoms with E-state index in [0.717, 1.165) is 16.8 Å². The van der Waals surface area contributed by atoms with E-state index in [2.05, 4.69) is 15.3 Å². The molecule has 0 radical (unpaired) electrons. The highest BCUT2D eigenvalue weighted by Gasteiger charge is 2.12. The maximum Gasteiger partial charge on any atom is 0.253 e. The quantitative estimate of drug-likeness (QED) is 0.491. The van der Waals surface area contributed by atoms with Gasteiger partial charge in [0.15, 0.2) is 5.82 Å². The third-order valence-corrected chi connectivity index (χ3v) is 4.70. The number of rotatable bonds is 6. The molecule has 3 aromatic carbocycles. The lowest BCUT2D eigenvalue weighted by atomic mass is 10.1. The Bertz CT molecular complexity index is 1110. The third kappa shape index (κ3) is 4.70. The predicted octanol–water partition coefficient (Wildman–Crippen LogP) is 5.16. The number of nitrogens with one attached hydrogen (secondary N) is 1. The normalized spacial score (nSPS) is 10.4. The van der Waals surface area contributed by atoms with Crippen molar-refractivity contribution in [3.05, 3.63) is 108 Å². The summed E-state index contributed by atoms with van der Waals surface area (Å²) in [5.74, 6) is 1.35. The van der Waals surface area contributed by atoms with E-state index < -0.39 is 0 Å². The van der Waals surface area contributed by atoms with Crippen LogP contribution in [0.5, 0.6) is 0 Å². The molecule has 1 amide bonds. The van der Waals surface area contributed by atoms with Gasteiger partial charge in [0.2, 0.25) is 0 Å². The average molecular weight is 394 g/mol. The highest BCUT2D eigenvalue weighted by molar-refractivity contribution is 5.94. The number of amides is 1. The zero-order valence-corrected chi connectivity index (χ0v) is 16.7. The SMILES string of the molecule is CN(Cc1ccccc1)C(=O)c1ccc(Nc2ccnc(-c3ccccc3)n2)cc1. The molecule has 5 nitrogen and oxygen atoms in total. The summed E-state index contributed by atoms with van der Waals surface area (Å²) < 4.78 is 0. The van der Waals surface area contributed by atoms with Crippen LogP contribution >= 0.6 is 0 Å². The number of anilines is 2. The van der Waals surface area contributed by atoms with Crippen LogP contribution in [-0.4, -0.2) is 27.8 Å². The molecule has 148 valence electrons. The molecule has 0 bridgehead atoms. The Kier molecular flexibility index (Phi) is 5.80. The number of nitrogens with zero attached hydrogens (tertiary/aromatic N) is 3. The monoisotopic (exact) mass is 394 g/mol. The van der Waals surface area contributed by atoms with Crippen LogP contribution < -0.4 is 5.32 Å². The van der Waals surface area contributed by atoms with Crippen molar-refractivity contribution in [2.45, 2.75) is 6.54 Å². The van der Waals surface area contributed by atoms with E-state index >= 15 is 0 Å². The van der Waals surface area contributed by atoms with Gasteiger partial charge in [0.05, 0.1) is 0 Å². The van der Waals surface area contributed by atoms with Gasteiger partial charge in [-0.2, -0.15) is 0 Å². The molecule has 1 heterocycles. The van der Waals surface area contributed by atoms with Crippen molar-refractivity contribution >= 4 is 17.4 Å². The minimum absolute atomic E-state index is 0.0150. The van der Waals surface area contributed by atoms with Crippen LogP contribution in [0.25, 0.3) is 11.4 Å². The molecule has 0 aliphatic carbocycles. The summed E-state index contributed by atoms with van der Waals surface area (Å²) in [6.45, 7) is 0.572. The summed E-state index contributed by atoms with van der Waals surface area (Å²) in [4.78, 5) is 23.3. The van der Waals surface area contributed by atoms with Crippen LogP contribution in [0.4, 0.5) is 11.5 Å². The van der Waals surface area contributed by atoms with Crippen molar-refractivity contribution in [3.63, 3.8) is 0 Å². The molecule has 0 saturated heterocycles. The molecule has 1 N–H and O–H groups in total. The molecule has 4 aromatic rings. The largest absolute Gasteiger partial charge is 0.340 e. The van der Waals surface area contributed by atoms with Gasteiger partial charge in [-0.15, -0.1) is 0 Å². The van der Waals surface area contributed by atoms with Crippen LogP contribution in [0, 0.1) is 0 Å². The number of hydrogen-bond donors (Lipinski definition) is 1. The van der Waals surface area contributed by atoms with Crippen molar-refractivity contribution in [2.24, 2.45) is 0 Å². The van der Waals surface area contributed by atoms with E-state index in [1.165, 1.54) is 0 Å². The predicted molar refractivity (Wildman–Crippen MR) is 119 cm³/mol. The lowest BCUT2D eigenvalue weighted by Crippen LogP contribution is -2.26. The van der Waals surface area contributed by atoms with Gasteiger partial charge in [-0.1, -0.05) is 60.7 Å². The molecule has 4 rings (SSSR count). The van der Waals surface area contributed by atoms with Gasteiger partial charge < -0.3 is 10.2 Å². The first-order valence-electron chi connectivity index (χ1n) is 9.74. The highest BCUT2D eigenvalue weighted by Crippen LogP contribution is 2.20. The minimum Gasteiger partial charge on any atom is -0.340 e. The summed E-state index contributed by atoms with van der Waals surface area (Å²) in [6.07, 6.45) is 1.73. The second-order valence-electron chi connectivity index (χ2n) is 6.98. The summed E-state index contributed by atoms with van der Waals surface area (Å²) in [5.41, 5.74) is 3.56. The molecule has 30 heavy (non-hydrogen) atoms. The lowest BCUT2D eigenvalue weighted by molar-refractivity contribution is 0.0785. The van der Waals surface area contributed by atoms with Gasteiger partial charge in [-0.05, 0) is 35.9 Å². The Morgan fingerprint density at radius 3 is 2.23 bits per heavy atom. The number of hydrogen-bond acceptors (Lipinski definition) is 4. The Morgan fingerprint density at radius 1 is 0.867 bits per heavy atom. The maximum absolute atomic E-state index is 12.7. The van der Waals surface area contributed by atoms with Crippen molar-refractivity contribution in [1.29, 1.82) is 0 Å². The Morgan fingerprint density at radius 2 is 1.53 bits per heavy atom. The molecule has 0 atom stereocenters. The second kappa shape index (κ2) is 9.01. The number of carbonyl (C=O) groups excluding carboxylic acids is 1. The molecule has 0 aliphatic rings. The first kappa shape index (κ1) is 19.3. The van der Waals surface area contributed by atoms with Gasteiger partial charge in [-0.25, -0.2) is 9.97 Å². The van der Waals surface area contributed by atoms with E-state index in [9.17, 15) is 4.79 Å². The van der Waals surface area contributed by atoms with Crippen LogP contribution in [0.2, 0.25) is 0 Å². The standard InChI is InChI=1S/C25H22N4O/c1-29(18-19-8-4-2-5-9-19)25(30)21-12-14-22(15-13-21)27-23-16-17-26-24(28-23)20-10-6-3-7-11-20/h2-17H,18H2,1H3,(H,26,27,28). The summed E-state index contributed by atoms with van der Waals surface area (Å²) in [6, 6.07) is 29.0. The number of aromatic nitrogens is 2. The molecule has 0 unspecified atom stereocenters. The molecule has 0 fully saturated rings. The Hall–Kier alpha value is -3.99. The first-order chi connectivity index (χ1) is 14.7. The van der Waals surface area contributed by atoms with Crippen molar-refractivity contribution in [2.75, 3.05) is 12.4 Å². The number of carbonyl (C=O) groups is 1. The molecule has 0 aliphatic heterocycles. The summed E-state index contributed by atoms with van der Waals surface area (Å²) in [7, 11) is 1.81. The van der Waals surface area contributed by atoms with Crippen molar-refractivity contribution < 1.29 is 4.79 Å². The fourth-order valence-corrected chi connectivity index (χ4v) is 3.15. The molecular formula is C25H22N4O. The summed E-state index contributed by atoms with van der Waals surface area (Å²) >= 11 is 0. The van der Waals surface area contributed by atoms with Crippen LogP contribution in [0.1, 0.15) is 15.9 Å². The third-order valence-electron chi connectivity index (χ3n) is 4.70. The van der Waals surface area contributed by atoms with E-state index in [0.29, 0.717) is 23.8 Å². The molecule has 1 aromatic heterocycles. The number of benzene rings is 3. The van der Waals surface area contributed by atoms with E-state index in [4.69, 9.17) is 0 Å². The zero-order valence-electron chi connectivity index (χ0n) is 16.7. The van der Waals surface area contributed by atoms with Gasteiger partial charge in [0, 0.05) is 36.6 Å². The van der Waals surface area contributed by atoms with Gasteiger partial charge in [0.1, 0.15) is 5.82 Å². The van der Waals surface area contributed by atoms with Crippen LogP contribution in [-0.2, 0) is 6.54 Å². The Balaban J connectivity index is 1.43. The topological polar surface area (TPSA) is 58.1 Å². The molecular weight excluding hydrogens is 372 g/mol.